The molecular formula is C12H15Cl2NO2. The molecule has 0 saturated heterocycles. The number of carbonyl (C=O) groups is 1. The zero-order valence-electron chi connectivity index (χ0n) is 10.00. The highest BCUT2D eigenvalue weighted by Crippen LogP contribution is 2.27. The maximum Gasteiger partial charge on any atom is 0.323 e. The SMILES string of the molecule is CN(Cc1cccc(Cl)c1Cl)C(C)(C)C(=O)O. The topological polar surface area (TPSA) is 40.5 Å². The number of nitrogens with zero attached hydrogens (tertiary/aromatic N) is 1. The lowest BCUT2D eigenvalue weighted by Gasteiger charge is -2.31. The quantitative estimate of drug-likeness (QED) is 0.917. The van der Waals surface area contributed by atoms with Crippen LogP contribution in [0, 0.1) is 0 Å². The first-order valence-corrected chi connectivity index (χ1v) is 5.90. The minimum absolute atomic E-state index is 0.429. The normalized spacial score (nSPS) is 11.9. The minimum atomic E-state index is -0.953. The Morgan fingerprint density at radius 2 is 2.00 bits per heavy atom. The number of halogens is 2. The molecule has 0 heterocycles. The zero-order chi connectivity index (χ0) is 13.2. The molecule has 0 saturated carbocycles. The third kappa shape index (κ3) is 3.12. The van der Waals surface area contributed by atoms with Gasteiger partial charge in [0.15, 0.2) is 0 Å². The molecule has 0 amide bonds. The van der Waals surface area contributed by atoms with Crippen LogP contribution in [0.15, 0.2) is 18.2 Å². The van der Waals surface area contributed by atoms with E-state index in [0.717, 1.165) is 5.56 Å². The van der Waals surface area contributed by atoms with Crippen LogP contribution in [-0.4, -0.2) is 28.6 Å². The van der Waals surface area contributed by atoms with Crippen LogP contribution in [0.4, 0.5) is 0 Å². The lowest BCUT2D eigenvalue weighted by Crippen LogP contribution is -2.47. The highest BCUT2D eigenvalue weighted by atomic mass is 35.5. The van der Waals surface area contributed by atoms with Gasteiger partial charge in [0.1, 0.15) is 5.54 Å². The first-order chi connectivity index (χ1) is 7.76. The van der Waals surface area contributed by atoms with Crippen LogP contribution in [0.25, 0.3) is 0 Å². The Morgan fingerprint density at radius 3 is 2.53 bits per heavy atom. The Balaban J connectivity index is 2.92. The maximum atomic E-state index is 11.1. The number of benzene rings is 1. The third-order valence-corrected chi connectivity index (χ3v) is 3.77. The Kier molecular flexibility index (Phi) is 4.42. The summed E-state index contributed by atoms with van der Waals surface area (Å²) in [6.07, 6.45) is 0. The fraction of sp³-hybridized carbons (Fsp3) is 0.417. The van der Waals surface area contributed by atoms with E-state index in [1.54, 1.807) is 37.9 Å². The summed E-state index contributed by atoms with van der Waals surface area (Å²) in [5, 5.41) is 10.1. The molecule has 1 N–H and O–H groups in total. The van der Waals surface area contributed by atoms with Gasteiger partial charge in [-0.05, 0) is 32.5 Å². The molecule has 1 aromatic rings. The Hall–Kier alpha value is -0.770. The van der Waals surface area contributed by atoms with E-state index in [1.807, 2.05) is 6.07 Å². The minimum Gasteiger partial charge on any atom is -0.480 e. The van der Waals surface area contributed by atoms with E-state index in [0.29, 0.717) is 16.6 Å². The molecule has 0 fully saturated rings. The smallest absolute Gasteiger partial charge is 0.323 e. The molecule has 0 aliphatic rings. The van der Waals surface area contributed by atoms with Crippen molar-refractivity contribution in [2.24, 2.45) is 0 Å². The van der Waals surface area contributed by atoms with Gasteiger partial charge < -0.3 is 5.11 Å². The molecule has 0 aliphatic heterocycles. The molecule has 0 bridgehead atoms. The van der Waals surface area contributed by atoms with Crippen molar-refractivity contribution < 1.29 is 9.90 Å². The Labute approximate surface area is 111 Å². The number of aliphatic carboxylic acids is 1. The van der Waals surface area contributed by atoms with E-state index >= 15 is 0 Å². The number of hydrogen-bond donors (Lipinski definition) is 1. The van der Waals surface area contributed by atoms with Crippen molar-refractivity contribution in [2.75, 3.05) is 7.05 Å². The molecule has 1 rings (SSSR count). The molecule has 1 aromatic carbocycles. The fourth-order valence-corrected chi connectivity index (χ4v) is 1.67. The summed E-state index contributed by atoms with van der Waals surface area (Å²) < 4.78 is 0. The first-order valence-electron chi connectivity index (χ1n) is 5.14. The van der Waals surface area contributed by atoms with Gasteiger partial charge >= 0.3 is 5.97 Å². The van der Waals surface area contributed by atoms with E-state index in [9.17, 15) is 4.79 Å². The molecule has 17 heavy (non-hydrogen) atoms. The maximum absolute atomic E-state index is 11.1. The summed E-state index contributed by atoms with van der Waals surface area (Å²) >= 11 is 12.0. The number of carboxylic acids is 1. The van der Waals surface area contributed by atoms with Crippen LogP contribution in [0.3, 0.4) is 0 Å². The van der Waals surface area contributed by atoms with Crippen LogP contribution in [0.1, 0.15) is 19.4 Å². The standard InChI is InChI=1S/C12H15Cl2NO2/c1-12(2,11(16)17)15(3)7-8-5-4-6-9(13)10(8)14/h4-6H,7H2,1-3H3,(H,16,17). The molecule has 5 heteroatoms. The van der Waals surface area contributed by atoms with Crippen LogP contribution in [0.5, 0.6) is 0 Å². The molecule has 3 nitrogen and oxygen atoms in total. The number of rotatable bonds is 4. The zero-order valence-corrected chi connectivity index (χ0v) is 11.5. The summed E-state index contributed by atoms with van der Waals surface area (Å²) in [5.41, 5.74) is -0.137. The second-order valence-electron chi connectivity index (χ2n) is 4.43. The second-order valence-corrected chi connectivity index (χ2v) is 5.22. The van der Waals surface area contributed by atoms with Crippen molar-refractivity contribution in [3.05, 3.63) is 33.8 Å². The van der Waals surface area contributed by atoms with Crippen LogP contribution >= 0.6 is 23.2 Å². The van der Waals surface area contributed by atoms with Crippen LogP contribution < -0.4 is 0 Å². The highest BCUT2D eigenvalue weighted by molar-refractivity contribution is 6.42. The van der Waals surface area contributed by atoms with Crippen LogP contribution in [-0.2, 0) is 11.3 Å². The average Bonchev–Trinajstić information content (AvgIpc) is 2.24. The summed E-state index contributed by atoms with van der Waals surface area (Å²) in [6, 6.07) is 5.34. The van der Waals surface area contributed by atoms with E-state index < -0.39 is 11.5 Å². The summed E-state index contributed by atoms with van der Waals surface area (Å²) in [6.45, 7) is 3.72. The molecule has 0 spiro atoms. The van der Waals surface area contributed by atoms with Crippen molar-refractivity contribution >= 4 is 29.2 Å². The van der Waals surface area contributed by atoms with Gasteiger partial charge in [0.05, 0.1) is 10.0 Å². The van der Waals surface area contributed by atoms with E-state index in [4.69, 9.17) is 28.3 Å². The second kappa shape index (κ2) is 5.25. The first kappa shape index (κ1) is 14.3. The fourth-order valence-electron chi connectivity index (χ4n) is 1.29. The highest BCUT2D eigenvalue weighted by Gasteiger charge is 2.32. The van der Waals surface area contributed by atoms with Crippen molar-refractivity contribution in [2.45, 2.75) is 25.9 Å². The third-order valence-electron chi connectivity index (χ3n) is 2.92. The monoisotopic (exact) mass is 275 g/mol. The van der Waals surface area contributed by atoms with Gasteiger partial charge in [0.25, 0.3) is 0 Å². The lowest BCUT2D eigenvalue weighted by atomic mass is 10.0. The van der Waals surface area contributed by atoms with E-state index in [-0.39, 0.29) is 0 Å². The molecule has 0 radical (unpaired) electrons. The van der Waals surface area contributed by atoms with Crippen molar-refractivity contribution in [3.8, 4) is 0 Å². The molecule has 0 aromatic heterocycles. The summed E-state index contributed by atoms with van der Waals surface area (Å²) in [7, 11) is 1.74. The largest absolute Gasteiger partial charge is 0.480 e. The molecule has 0 atom stereocenters. The summed E-state index contributed by atoms with van der Waals surface area (Å²) in [4.78, 5) is 12.8. The molecule has 94 valence electrons. The van der Waals surface area contributed by atoms with Crippen molar-refractivity contribution in [1.29, 1.82) is 0 Å². The van der Waals surface area contributed by atoms with Crippen molar-refractivity contribution in [1.82, 2.24) is 4.90 Å². The molecular weight excluding hydrogens is 261 g/mol. The Bertz CT molecular complexity index is 433. The Morgan fingerprint density at radius 1 is 1.41 bits per heavy atom. The molecule has 0 aliphatic carbocycles. The van der Waals surface area contributed by atoms with Gasteiger partial charge in [0, 0.05) is 6.54 Å². The van der Waals surface area contributed by atoms with Gasteiger partial charge in [-0.25, -0.2) is 0 Å². The van der Waals surface area contributed by atoms with Gasteiger partial charge in [0.2, 0.25) is 0 Å². The van der Waals surface area contributed by atoms with Gasteiger partial charge in [-0.1, -0.05) is 35.3 Å². The van der Waals surface area contributed by atoms with Gasteiger partial charge in [-0.3, -0.25) is 9.69 Å². The predicted octanol–water partition coefficient (Wildman–Crippen LogP) is 3.29. The van der Waals surface area contributed by atoms with E-state index in [1.165, 1.54) is 0 Å². The lowest BCUT2D eigenvalue weighted by molar-refractivity contribution is -0.148. The number of likely N-dealkylation sites (N-methyl/N-ethyl adjacent to an activating group) is 1. The molecule has 0 unspecified atom stereocenters. The predicted molar refractivity (Wildman–Crippen MR) is 69.6 cm³/mol. The van der Waals surface area contributed by atoms with Crippen LogP contribution in [0.2, 0.25) is 10.0 Å². The average molecular weight is 276 g/mol. The van der Waals surface area contributed by atoms with E-state index in [2.05, 4.69) is 0 Å². The van der Waals surface area contributed by atoms with Gasteiger partial charge in [-0.15, -0.1) is 0 Å². The van der Waals surface area contributed by atoms with Gasteiger partial charge in [-0.2, -0.15) is 0 Å². The number of carboxylic acid groups (broad SMARTS) is 1. The van der Waals surface area contributed by atoms with Crippen molar-refractivity contribution in [3.63, 3.8) is 0 Å². The summed E-state index contributed by atoms with van der Waals surface area (Å²) in [5.74, 6) is -0.877. The number of hydrogen-bond acceptors (Lipinski definition) is 2.